The van der Waals surface area contributed by atoms with Crippen LogP contribution in [-0.4, -0.2) is 14.2 Å². The van der Waals surface area contributed by atoms with Crippen LogP contribution in [0, 0.1) is 0 Å². The molecule has 0 saturated heterocycles. The lowest BCUT2D eigenvalue weighted by molar-refractivity contribution is 0.415. The van der Waals surface area contributed by atoms with E-state index in [0.29, 0.717) is 0 Å². The van der Waals surface area contributed by atoms with Crippen LogP contribution in [0.25, 0.3) is 0 Å². The molecule has 0 fully saturated rings. The summed E-state index contributed by atoms with van der Waals surface area (Å²) < 4.78 is 5.12. The topological polar surface area (TPSA) is 33.3 Å². The van der Waals surface area contributed by atoms with Crippen molar-refractivity contribution in [3.63, 3.8) is 0 Å². The van der Waals surface area contributed by atoms with Crippen molar-refractivity contribution in [1.29, 1.82) is 0 Å². The number of rotatable bonds is 5. The summed E-state index contributed by atoms with van der Waals surface area (Å²) in [7, 11) is 3.59. The fraction of sp³-hybridized carbons (Fsp3) is 0.200. The van der Waals surface area contributed by atoms with Gasteiger partial charge in [-0.25, -0.2) is 0 Å². The number of benzene rings is 2. The molecular formula is C15H18N2O. The lowest BCUT2D eigenvalue weighted by atomic mass is 10.2. The molecule has 0 amide bonds. The molecule has 0 spiro atoms. The Kier molecular flexibility index (Phi) is 4.07. The lowest BCUT2D eigenvalue weighted by Crippen LogP contribution is -1.99. The average molecular weight is 242 g/mol. The average Bonchev–Trinajstić information content (AvgIpc) is 2.46. The van der Waals surface area contributed by atoms with Crippen LogP contribution < -0.4 is 15.4 Å². The largest absolute Gasteiger partial charge is 0.497 e. The molecule has 0 aliphatic heterocycles. The van der Waals surface area contributed by atoms with Crippen molar-refractivity contribution in [2.75, 3.05) is 24.8 Å². The number of hydrogen-bond donors (Lipinski definition) is 2. The van der Waals surface area contributed by atoms with Crippen molar-refractivity contribution < 1.29 is 4.74 Å². The van der Waals surface area contributed by atoms with Gasteiger partial charge in [0.1, 0.15) is 5.75 Å². The number of methoxy groups -OCH3 is 1. The number of nitrogens with one attached hydrogen (secondary N) is 2. The van der Waals surface area contributed by atoms with Crippen molar-refractivity contribution in [1.82, 2.24) is 0 Å². The Morgan fingerprint density at radius 3 is 2.06 bits per heavy atom. The molecule has 2 aromatic carbocycles. The van der Waals surface area contributed by atoms with Crippen LogP contribution in [0.2, 0.25) is 0 Å². The summed E-state index contributed by atoms with van der Waals surface area (Å²) in [5, 5.41) is 6.48. The zero-order valence-corrected chi connectivity index (χ0v) is 10.7. The summed E-state index contributed by atoms with van der Waals surface area (Å²) in [6, 6.07) is 16.3. The molecule has 0 heterocycles. The molecule has 0 unspecified atom stereocenters. The fourth-order valence-electron chi connectivity index (χ4n) is 1.70. The van der Waals surface area contributed by atoms with Gasteiger partial charge in [0.15, 0.2) is 0 Å². The van der Waals surface area contributed by atoms with Gasteiger partial charge in [0.05, 0.1) is 7.11 Å². The van der Waals surface area contributed by atoms with Crippen LogP contribution in [-0.2, 0) is 6.54 Å². The number of hydrogen-bond acceptors (Lipinski definition) is 3. The zero-order valence-electron chi connectivity index (χ0n) is 10.7. The minimum absolute atomic E-state index is 0.816. The van der Waals surface area contributed by atoms with Gasteiger partial charge in [-0.3, -0.25) is 0 Å². The van der Waals surface area contributed by atoms with E-state index in [4.69, 9.17) is 4.74 Å². The Balaban J connectivity index is 1.93. The monoisotopic (exact) mass is 242 g/mol. The van der Waals surface area contributed by atoms with Crippen molar-refractivity contribution in [2.45, 2.75) is 6.54 Å². The van der Waals surface area contributed by atoms with Crippen molar-refractivity contribution >= 4 is 11.4 Å². The molecule has 3 nitrogen and oxygen atoms in total. The standard InChI is InChI=1S/C15H18N2O/c1-16-13-5-3-12(4-6-13)11-17-14-7-9-15(18-2)10-8-14/h3-10,16-17H,11H2,1-2H3. The zero-order chi connectivity index (χ0) is 12.8. The van der Waals surface area contributed by atoms with E-state index < -0.39 is 0 Å². The van der Waals surface area contributed by atoms with Gasteiger partial charge in [-0.05, 0) is 42.0 Å². The molecule has 0 radical (unpaired) electrons. The SMILES string of the molecule is CNc1ccc(CNc2ccc(OC)cc2)cc1. The van der Waals surface area contributed by atoms with Crippen molar-refractivity contribution in [3.05, 3.63) is 54.1 Å². The van der Waals surface area contributed by atoms with Gasteiger partial charge in [-0.2, -0.15) is 0 Å². The highest BCUT2D eigenvalue weighted by molar-refractivity contribution is 5.48. The highest BCUT2D eigenvalue weighted by Crippen LogP contribution is 2.16. The Morgan fingerprint density at radius 1 is 0.889 bits per heavy atom. The van der Waals surface area contributed by atoms with Crippen LogP contribution in [0.4, 0.5) is 11.4 Å². The summed E-state index contributed by atoms with van der Waals surface area (Å²) in [6.45, 7) is 0.816. The first-order chi connectivity index (χ1) is 8.81. The van der Waals surface area contributed by atoms with Gasteiger partial charge in [0.25, 0.3) is 0 Å². The van der Waals surface area contributed by atoms with E-state index in [0.717, 1.165) is 23.7 Å². The maximum Gasteiger partial charge on any atom is 0.119 e. The third kappa shape index (κ3) is 3.17. The quantitative estimate of drug-likeness (QED) is 0.843. The first-order valence-electron chi connectivity index (χ1n) is 5.96. The molecular weight excluding hydrogens is 224 g/mol. The second-order valence-electron chi connectivity index (χ2n) is 4.03. The minimum Gasteiger partial charge on any atom is -0.497 e. The molecule has 2 rings (SSSR count). The van der Waals surface area contributed by atoms with E-state index in [9.17, 15) is 0 Å². The first kappa shape index (κ1) is 12.3. The number of ether oxygens (including phenoxy) is 1. The molecule has 0 aliphatic carbocycles. The lowest BCUT2D eigenvalue weighted by Gasteiger charge is -2.08. The van der Waals surface area contributed by atoms with Gasteiger partial charge < -0.3 is 15.4 Å². The summed E-state index contributed by atoms with van der Waals surface area (Å²) in [6.07, 6.45) is 0. The molecule has 94 valence electrons. The molecule has 0 atom stereocenters. The van der Waals surface area contributed by atoms with Gasteiger partial charge >= 0.3 is 0 Å². The van der Waals surface area contributed by atoms with Crippen molar-refractivity contribution in [2.24, 2.45) is 0 Å². The van der Waals surface area contributed by atoms with E-state index in [2.05, 4.69) is 34.9 Å². The Hall–Kier alpha value is -2.16. The Labute approximate surface area is 108 Å². The second-order valence-corrected chi connectivity index (χ2v) is 4.03. The highest BCUT2D eigenvalue weighted by atomic mass is 16.5. The van der Waals surface area contributed by atoms with Crippen LogP contribution in [0.3, 0.4) is 0 Å². The van der Waals surface area contributed by atoms with E-state index in [1.807, 2.05) is 31.3 Å². The Morgan fingerprint density at radius 2 is 1.50 bits per heavy atom. The highest BCUT2D eigenvalue weighted by Gasteiger charge is 1.95. The van der Waals surface area contributed by atoms with E-state index in [1.54, 1.807) is 7.11 Å². The summed E-state index contributed by atoms with van der Waals surface area (Å²) in [5.74, 6) is 0.874. The van der Waals surface area contributed by atoms with Gasteiger partial charge in [-0.1, -0.05) is 12.1 Å². The van der Waals surface area contributed by atoms with Gasteiger partial charge in [0, 0.05) is 25.0 Å². The maximum absolute atomic E-state index is 5.12. The van der Waals surface area contributed by atoms with Crippen LogP contribution in [0.5, 0.6) is 5.75 Å². The van der Waals surface area contributed by atoms with E-state index in [-0.39, 0.29) is 0 Å². The van der Waals surface area contributed by atoms with Crippen LogP contribution in [0.1, 0.15) is 5.56 Å². The smallest absolute Gasteiger partial charge is 0.119 e. The molecule has 0 aliphatic rings. The molecule has 0 saturated carbocycles. The summed E-state index contributed by atoms with van der Waals surface area (Å²) in [4.78, 5) is 0. The van der Waals surface area contributed by atoms with E-state index >= 15 is 0 Å². The van der Waals surface area contributed by atoms with Gasteiger partial charge in [0.2, 0.25) is 0 Å². The molecule has 3 heteroatoms. The normalized spacial score (nSPS) is 9.89. The fourth-order valence-corrected chi connectivity index (χ4v) is 1.70. The first-order valence-corrected chi connectivity index (χ1v) is 5.96. The molecule has 0 bridgehead atoms. The molecule has 0 aromatic heterocycles. The predicted molar refractivity (Wildman–Crippen MR) is 76.3 cm³/mol. The van der Waals surface area contributed by atoms with Crippen LogP contribution in [0.15, 0.2) is 48.5 Å². The predicted octanol–water partition coefficient (Wildman–Crippen LogP) is 3.35. The third-order valence-electron chi connectivity index (χ3n) is 2.83. The summed E-state index contributed by atoms with van der Waals surface area (Å²) >= 11 is 0. The van der Waals surface area contributed by atoms with Gasteiger partial charge in [-0.15, -0.1) is 0 Å². The second kappa shape index (κ2) is 5.96. The minimum atomic E-state index is 0.816. The van der Waals surface area contributed by atoms with Crippen molar-refractivity contribution in [3.8, 4) is 5.75 Å². The molecule has 2 aromatic rings. The third-order valence-corrected chi connectivity index (χ3v) is 2.83. The Bertz CT molecular complexity index is 429. The summed E-state index contributed by atoms with van der Waals surface area (Å²) in [5.41, 5.74) is 3.47. The van der Waals surface area contributed by atoms with Crippen LogP contribution >= 0.6 is 0 Å². The molecule has 2 N–H and O–H groups in total. The molecule has 18 heavy (non-hydrogen) atoms. The van der Waals surface area contributed by atoms with E-state index in [1.165, 1.54) is 5.56 Å². The maximum atomic E-state index is 5.12. The number of anilines is 2.